The summed E-state index contributed by atoms with van der Waals surface area (Å²) < 4.78 is 5.21. The summed E-state index contributed by atoms with van der Waals surface area (Å²) in [6.45, 7) is 6.20. The minimum Gasteiger partial charge on any atom is -0.445 e. The van der Waals surface area contributed by atoms with Gasteiger partial charge in [0.15, 0.2) is 0 Å². The Morgan fingerprint density at radius 3 is 2.76 bits per heavy atom. The summed E-state index contributed by atoms with van der Waals surface area (Å²) >= 11 is 0. The smallest absolute Gasteiger partial charge is 0.407 e. The molecule has 1 amide bonds. The predicted molar refractivity (Wildman–Crippen MR) is 84.0 cm³/mol. The van der Waals surface area contributed by atoms with E-state index in [-0.39, 0.29) is 12.1 Å². The van der Waals surface area contributed by atoms with E-state index < -0.39 is 0 Å². The van der Waals surface area contributed by atoms with Crippen molar-refractivity contribution in [1.82, 2.24) is 10.6 Å². The fourth-order valence-electron chi connectivity index (χ4n) is 2.52. The number of carbonyl (C=O) groups excluding carboxylic acids is 1. The summed E-state index contributed by atoms with van der Waals surface area (Å²) in [6, 6.07) is 10.8. The molecule has 4 nitrogen and oxygen atoms in total. The zero-order chi connectivity index (χ0) is 15.1. The van der Waals surface area contributed by atoms with Gasteiger partial charge in [-0.05, 0) is 31.7 Å². The van der Waals surface area contributed by atoms with Gasteiger partial charge >= 0.3 is 6.09 Å². The van der Waals surface area contributed by atoms with E-state index in [1.807, 2.05) is 36.4 Å². The molecule has 1 aliphatic rings. The maximum absolute atomic E-state index is 11.7. The van der Waals surface area contributed by atoms with Crippen molar-refractivity contribution in [2.75, 3.05) is 0 Å². The van der Waals surface area contributed by atoms with E-state index in [9.17, 15) is 4.79 Å². The third-order valence-electron chi connectivity index (χ3n) is 3.71. The van der Waals surface area contributed by atoms with E-state index in [1.165, 1.54) is 0 Å². The van der Waals surface area contributed by atoms with Gasteiger partial charge < -0.3 is 15.4 Å². The van der Waals surface area contributed by atoms with Crippen LogP contribution in [0.25, 0.3) is 0 Å². The van der Waals surface area contributed by atoms with Crippen LogP contribution in [-0.2, 0) is 11.3 Å². The molecule has 21 heavy (non-hydrogen) atoms. The summed E-state index contributed by atoms with van der Waals surface area (Å²) in [7, 11) is 0. The fourth-order valence-corrected chi connectivity index (χ4v) is 2.52. The Kier molecular flexibility index (Phi) is 5.81. The quantitative estimate of drug-likeness (QED) is 0.758. The van der Waals surface area contributed by atoms with Gasteiger partial charge in [-0.1, -0.05) is 36.4 Å². The first-order chi connectivity index (χ1) is 10.2. The molecule has 1 unspecified atom stereocenters. The summed E-state index contributed by atoms with van der Waals surface area (Å²) in [6.07, 6.45) is 4.48. The molecule has 2 N–H and O–H groups in total. The van der Waals surface area contributed by atoms with Crippen LogP contribution in [0.5, 0.6) is 0 Å². The summed E-state index contributed by atoms with van der Waals surface area (Å²) in [5, 5.41) is 6.42. The van der Waals surface area contributed by atoms with Gasteiger partial charge in [-0.2, -0.15) is 0 Å². The first-order valence-electron chi connectivity index (χ1n) is 7.51. The molecule has 0 saturated heterocycles. The molecule has 1 aromatic carbocycles. The highest BCUT2D eigenvalue weighted by atomic mass is 16.5. The van der Waals surface area contributed by atoms with Crippen LogP contribution in [0.3, 0.4) is 0 Å². The predicted octanol–water partition coefficient (Wildman–Crippen LogP) is 3.00. The second kappa shape index (κ2) is 7.84. The van der Waals surface area contributed by atoms with Gasteiger partial charge in [0.05, 0.1) is 0 Å². The molecule has 0 bridgehead atoms. The summed E-state index contributed by atoms with van der Waals surface area (Å²) in [5.74, 6) is 0. The van der Waals surface area contributed by atoms with Crippen molar-refractivity contribution in [2.45, 2.75) is 50.9 Å². The van der Waals surface area contributed by atoms with Gasteiger partial charge in [0.2, 0.25) is 0 Å². The zero-order valence-corrected chi connectivity index (χ0v) is 12.5. The maximum Gasteiger partial charge on any atom is 0.407 e. The second-order valence-corrected chi connectivity index (χ2v) is 5.66. The molecule has 1 fully saturated rings. The van der Waals surface area contributed by atoms with Crippen molar-refractivity contribution in [2.24, 2.45) is 0 Å². The van der Waals surface area contributed by atoms with Crippen LogP contribution in [0.1, 0.15) is 31.7 Å². The van der Waals surface area contributed by atoms with Gasteiger partial charge in [-0.25, -0.2) is 4.79 Å². The first-order valence-corrected chi connectivity index (χ1v) is 7.51. The molecule has 4 heteroatoms. The van der Waals surface area contributed by atoms with Crippen LogP contribution in [0.2, 0.25) is 0 Å². The molecule has 1 aliphatic carbocycles. The van der Waals surface area contributed by atoms with Crippen LogP contribution < -0.4 is 10.6 Å². The topological polar surface area (TPSA) is 50.4 Å². The molecule has 2 rings (SSSR count). The number of hydrogen-bond acceptors (Lipinski definition) is 3. The van der Waals surface area contributed by atoms with Gasteiger partial charge in [-0.3, -0.25) is 0 Å². The van der Waals surface area contributed by atoms with E-state index in [4.69, 9.17) is 4.74 Å². The minimum absolute atomic E-state index is 0.224. The molecule has 0 heterocycles. The lowest BCUT2D eigenvalue weighted by molar-refractivity contribution is 0.124. The van der Waals surface area contributed by atoms with Crippen LogP contribution in [-0.4, -0.2) is 24.2 Å². The van der Waals surface area contributed by atoms with E-state index in [2.05, 4.69) is 24.1 Å². The lowest BCUT2D eigenvalue weighted by Gasteiger charge is -2.37. The number of ether oxygens (including phenoxy) is 1. The van der Waals surface area contributed by atoms with Crippen molar-refractivity contribution in [3.05, 3.63) is 48.6 Å². The number of benzene rings is 1. The Bertz CT molecular complexity index is 455. The van der Waals surface area contributed by atoms with Crippen molar-refractivity contribution < 1.29 is 9.53 Å². The Labute approximate surface area is 126 Å². The highest BCUT2D eigenvalue weighted by Crippen LogP contribution is 2.21. The van der Waals surface area contributed by atoms with Crippen LogP contribution in [0.15, 0.2) is 43.0 Å². The van der Waals surface area contributed by atoms with Gasteiger partial charge in [-0.15, -0.1) is 6.58 Å². The van der Waals surface area contributed by atoms with E-state index >= 15 is 0 Å². The molecule has 1 aromatic rings. The maximum atomic E-state index is 11.7. The van der Waals surface area contributed by atoms with Gasteiger partial charge in [0, 0.05) is 18.1 Å². The van der Waals surface area contributed by atoms with Crippen LogP contribution >= 0.6 is 0 Å². The molecular formula is C17H24N2O2. The Balaban J connectivity index is 1.59. The minimum atomic E-state index is -0.332. The number of rotatable bonds is 7. The van der Waals surface area contributed by atoms with E-state index in [0.29, 0.717) is 18.7 Å². The largest absolute Gasteiger partial charge is 0.445 e. The molecule has 0 spiro atoms. The SMILES string of the molecule is C=CCC(C)NC1CC(NC(=O)OCc2ccccc2)C1. The normalized spacial score (nSPS) is 22.0. The monoisotopic (exact) mass is 288 g/mol. The first kappa shape index (κ1) is 15.6. The average molecular weight is 288 g/mol. The molecule has 0 aliphatic heterocycles. The van der Waals surface area contributed by atoms with Gasteiger partial charge in [0.1, 0.15) is 6.61 Å². The zero-order valence-electron chi connectivity index (χ0n) is 12.5. The lowest BCUT2D eigenvalue weighted by Crippen LogP contribution is -2.54. The standard InChI is InChI=1S/C17H24N2O2/c1-3-7-13(2)18-15-10-16(11-15)19-17(20)21-12-14-8-5-4-6-9-14/h3-6,8-9,13,15-16,18H,1,7,10-12H2,2H3,(H,19,20). The van der Waals surface area contributed by atoms with Crippen molar-refractivity contribution in [3.8, 4) is 0 Å². The third-order valence-corrected chi connectivity index (χ3v) is 3.71. The Morgan fingerprint density at radius 2 is 2.10 bits per heavy atom. The van der Waals surface area contributed by atoms with Crippen LogP contribution in [0, 0.1) is 0 Å². The van der Waals surface area contributed by atoms with Crippen molar-refractivity contribution >= 4 is 6.09 Å². The Morgan fingerprint density at radius 1 is 1.38 bits per heavy atom. The number of hydrogen-bond donors (Lipinski definition) is 2. The molecule has 1 atom stereocenters. The van der Waals surface area contributed by atoms with Crippen molar-refractivity contribution in [3.63, 3.8) is 0 Å². The number of carbonyl (C=O) groups is 1. The number of nitrogens with one attached hydrogen (secondary N) is 2. The molecule has 0 radical (unpaired) electrons. The van der Waals surface area contributed by atoms with E-state index in [0.717, 1.165) is 24.8 Å². The van der Waals surface area contributed by atoms with E-state index in [1.54, 1.807) is 0 Å². The molecule has 1 saturated carbocycles. The number of amides is 1. The fraction of sp³-hybridized carbons (Fsp3) is 0.471. The molecule has 0 aromatic heterocycles. The summed E-state index contributed by atoms with van der Waals surface area (Å²) in [5.41, 5.74) is 0.999. The highest BCUT2D eigenvalue weighted by Gasteiger charge is 2.31. The van der Waals surface area contributed by atoms with Crippen LogP contribution in [0.4, 0.5) is 4.79 Å². The highest BCUT2D eigenvalue weighted by molar-refractivity contribution is 5.67. The lowest BCUT2D eigenvalue weighted by atomic mass is 9.86. The number of alkyl carbamates (subject to hydrolysis) is 1. The van der Waals surface area contributed by atoms with Crippen molar-refractivity contribution in [1.29, 1.82) is 0 Å². The Hall–Kier alpha value is -1.81. The third kappa shape index (κ3) is 5.23. The summed E-state index contributed by atoms with van der Waals surface area (Å²) in [4.78, 5) is 11.7. The molecule has 114 valence electrons. The van der Waals surface area contributed by atoms with Gasteiger partial charge in [0.25, 0.3) is 0 Å². The second-order valence-electron chi connectivity index (χ2n) is 5.66. The average Bonchev–Trinajstić information content (AvgIpc) is 2.44. The molecular weight excluding hydrogens is 264 g/mol.